The third-order valence-corrected chi connectivity index (χ3v) is 6.76. The van der Waals surface area contributed by atoms with E-state index in [1.165, 1.54) is 11.0 Å². The lowest BCUT2D eigenvalue weighted by Crippen LogP contribution is -2.51. The molecule has 0 aliphatic rings. The maximum atomic E-state index is 13.4. The smallest absolute Gasteiger partial charge is 0.244 e. The number of carbonyl (C=O) groups excluding carboxylic acids is 2. The highest BCUT2D eigenvalue weighted by molar-refractivity contribution is 9.10. The molecule has 32 heavy (non-hydrogen) atoms. The molecule has 10 heteroatoms. The third-order valence-electron chi connectivity index (χ3n) is 4.78. The van der Waals surface area contributed by atoms with Crippen molar-refractivity contribution in [2.24, 2.45) is 0 Å². The molecule has 0 heterocycles. The van der Waals surface area contributed by atoms with Crippen molar-refractivity contribution in [3.63, 3.8) is 0 Å². The van der Waals surface area contributed by atoms with Crippen molar-refractivity contribution in [1.29, 1.82) is 0 Å². The molecule has 0 radical (unpaired) electrons. The molecule has 0 aliphatic heterocycles. The van der Waals surface area contributed by atoms with Crippen LogP contribution in [0.2, 0.25) is 5.02 Å². The largest absolute Gasteiger partial charge is 0.354 e. The van der Waals surface area contributed by atoms with Gasteiger partial charge in [0.1, 0.15) is 12.6 Å². The van der Waals surface area contributed by atoms with Crippen LogP contribution in [0.15, 0.2) is 53.0 Å². The van der Waals surface area contributed by atoms with Gasteiger partial charge in [0.15, 0.2) is 0 Å². The lowest BCUT2D eigenvalue weighted by atomic mass is 10.1. The van der Waals surface area contributed by atoms with Crippen molar-refractivity contribution in [3.05, 3.63) is 63.6 Å². The summed E-state index contributed by atoms with van der Waals surface area (Å²) in [5.74, 6) is -0.821. The van der Waals surface area contributed by atoms with Crippen LogP contribution in [0.3, 0.4) is 0 Å². The Balaban J connectivity index is 2.37. The number of para-hydroxylation sites is 1. The Morgan fingerprint density at radius 2 is 1.75 bits per heavy atom. The van der Waals surface area contributed by atoms with Crippen molar-refractivity contribution < 1.29 is 18.0 Å². The van der Waals surface area contributed by atoms with Crippen molar-refractivity contribution in [1.82, 2.24) is 10.2 Å². The van der Waals surface area contributed by atoms with Gasteiger partial charge < -0.3 is 10.2 Å². The molecule has 1 N–H and O–H groups in total. The second-order valence-corrected chi connectivity index (χ2v) is 10.6. The zero-order chi connectivity index (χ0) is 23.9. The lowest BCUT2D eigenvalue weighted by molar-refractivity contribution is -0.139. The predicted octanol–water partition coefficient (Wildman–Crippen LogP) is 3.81. The number of nitrogens with zero attached hydrogens (tertiary/aromatic N) is 2. The molecule has 2 aromatic carbocycles. The summed E-state index contributed by atoms with van der Waals surface area (Å²) in [4.78, 5) is 27.4. The first-order chi connectivity index (χ1) is 15.0. The van der Waals surface area contributed by atoms with Crippen molar-refractivity contribution in [2.75, 3.05) is 23.7 Å². The van der Waals surface area contributed by atoms with Gasteiger partial charge in [0.25, 0.3) is 0 Å². The van der Waals surface area contributed by atoms with E-state index in [4.69, 9.17) is 11.6 Å². The van der Waals surface area contributed by atoms with Gasteiger partial charge >= 0.3 is 0 Å². The molecule has 1 atom stereocenters. The minimum atomic E-state index is -3.81. The molecular formula is C22H27BrClN3O4S. The molecule has 174 valence electrons. The summed E-state index contributed by atoms with van der Waals surface area (Å²) in [6, 6.07) is 13.0. The maximum Gasteiger partial charge on any atom is 0.244 e. The van der Waals surface area contributed by atoms with E-state index in [-0.39, 0.29) is 23.2 Å². The normalized spacial score (nSPS) is 12.2. The summed E-state index contributed by atoms with van der Waals surface area (Å²) < 4.78 is 26.8. The lowest BCUT2D eigenvalue weighted by Gasteiger charge is -2.31. The van der Waals surface area contributed by atoms with Gasteiger partial charge in [-0.05, 0) is 43.2 Å². The minimum absolute atomic E-state index is 0.146. The second-order valence-electron chi connectivity index (χ2n) is 7.34. The first-order valence-corrected chi connectivity index (χ1v) is 13.1. The number of benzene rings is 2. The first-order valence-electron chi connectivity index (χ1n) is 10.1. The SMILES string of the molecule is CCCNC(=O)[C@@H](C)N(Cc1ccc(Br)cc1)C(=O)CN(c1ccccc1Cl)S(C)(=O)=O. The molecule has 0 fully saturated rings. The number of halogens is 2. The standard InChI is InChI=1S/C22H27BrClN3O4S/c1-4-13-25-22(29)16(2)26(14-17-9-11-18(23)12-10-17)21(28)15-27(32(3,30)31)20-8-6-5-7-19(20)24/h5-12,16H,4,13-15H2,1-3H3,(H,25,29)/t16-/m1/s1. The average molecular weight is 545 g/mol. The van der Waals surface area contributed by atoms with Crippen LogP contribution in [0.4, 0.5) is 5.69 Å². The number of nitrogens with one attached hydrogen (secondary N) is 1. The van der Waals surface area contributed by atoms with E-state index >= 15 is 0 Å². The Labute approximate surface area is 202 Å². The Morgan fingerprint density at radius 3 is 2.31 bits per heavy atom. The van der Waals surface area contributed by atoms with Crippen LogP contribution in [0.25, 0.3) is 0 Å². The van der Waals surface area contributed by atoms with E-state index in [0.717, 1.165) is 27.0 Å². The molecule has 0 unspecified atom stereocenters. The van der Waals surface area contributed by atoms with Crippen molar-refractivity contribution >= 4 is 55.1 Å². The number of amides is 2. The summed E-state index contributed by atoms with van der Waals surface area (Å²) >= 11 is 9.58. The molecule has 0 bridgehead atoms. The number of carbonyl (C=O) groups is 2. The Kier molecular flexibility index (Phi) is 9.54. The topological polar surface area (TPSA) is 86.8 Å². The van der Waals surface area contributed by atoms with E-state index in [1.807, 2.05) is 31.2 Å². The Bertz CT molecular complexity index is 1050. The van der Waals surface area contributed by atoms with Crippen molar-refractivity contribution in [3.8, 4) is 0 Å². The third kappa shape index (κ3) is 7.21. The minimum Gasteiger partial charge on any atom is -0.354 e. The Hall–Kier alpha value is -2.10. The molecule has 0 aromatic heterocycles. The fraction of sp³-hybridized carbons (Fsp3) is 0.364. The van der Waals surface area contributed by atoms with Gasteiger partial charge in [0.2, 0.25) is 21.8 Å². The summed E-state index contributed by atoms with van der Waals surface area (Å²) in [5, 5.41) is 3.00. The predicted molar refractivity (Wildman–Crippen MR) is 131 cm³/mol. The van der Waals surface area contributed by atoms with Crippen LogP contribution in [-0.2, 0) is 26.2 Å². The van der Waals surface area contributed by atoms with E-state index in [1.54, 1.807) is 25.1 Å². The highest BCUT2D eigenvalue weighted by Crippen LogP contribution is 2.27. The van der Waals surface area contributed by atoms with Crippen LogP contribution >= 0.6 is 27.5 Å². The molecule has 0 spiro atoms. The van der Waals surface area contributed by atoms with Crippen LogP contribution in [0, 0.1) is 0 Å². The first kappa shape index (κ1) is 26.2. The highest BCUT2D eigenvalue weighted by atomic mass is 79.9. The molecule has 2 rings (SSSR count). The fourth-order valence-corrected chi connectivity index (χ4v) is 4.43. The van der Waals surface area contributed by atoms with Gasteiger partial charge in [-0.25, -0.2) is 8.42 Å². The van der Waals surface area contributed by atoms with Crippen molar-refractivity contribution in [2.45, 2.75) is 32.9 Å². The average Bonchev–Trinajstić information content (AvgIpc) is 2.74. The van der Waals surface area contributed by atoms with Gasteiger partial charge in [0, 0.05) is 17.6 Å². The summed E-state index contributed by atoms with van der Waals surface area (Å²) in [5.41, 5.74) is 1.01. The second kappa shape index (κ2) is 11.7. The van der Waals surface area contributed by atoms with Gasteiger partial charge in [-0.15, -0.1) is 0 Å². The monoisotopic (exact) mass is 543 g/mol. The van der Waals surface area contributed by atoms with Gasteiger partial charge in [0.05, 0.1) is 17.0 Å². The molecule has 0 aliphatic carbocycles. The Morgan fingerprint density at radius 1 is 1.12 bits per heavy atom. The molecule has 7 nitrogen and oxygen atoms in total. The number of sulfonamides is 1. The summed E-state index contributed by atoms with van der Waals surface area (Å²) in [6.45, 7) is 3.71. The molecule has 2 aromatic rings. The van der Waals surface area contributed by atoms with Crippen LogP contribution in [-0.4, -0.2) is 50.5 Å². The zero-order valence-corrected chi connectivity index (χ0v) is 21.4. The van der Waals surface area contributed by atoms with Crippen LogP contribution in [0.5, 0.6) is 0 Å². The van der Waals surface area contributed by atoms with Crippen LogP contribution in [0.1, 0.15) is 25.8 Å². The summed E-state index contributed by atoms with van der Waals surface area (Å²) in [6.07, 6.45) is 1.77. The fourth-order valence-electron chi connectivity index (χ4n) is 3.01. The quantitative estimate of drug-likeness (QED) is 0.493. The zero-order valence-electron chi connectivity index (χ0n) is 18.2. The molecule has 2 amide bonds. The van der Waals surface area contributed by atoms with E-state index in [9.17, 15) is 18.0 Å². The van der Waals surface area contributed by atoms with Gasteiger partial charge in [-0.1, -0.05) is 58.7 Å². The number of hydrogen-bond acceptors (Lipinski definition) is 4. The van der Waals surface area contributed by atoms with E-state index in [2.05, 4.69) is 21.2 Å². The molecule has 0 saturated carbocycles. The highest BCUT2D eigenvalue weighted by Gasteiger charge is 2.30. The van der Waals surface area contributed by atoms with Gasteiger partial charge in [-0.3, -0.25) is 13.9 Å². The van der Waals surface area contributed by atoms with E-state index in [0.29, 0.717) is 6.54 Å². The van der Waals surface area contributed by atoms with E-state index < -0.39 is 28.5 Å². The maximum absolute atomic E-state index is 13.4. The number of hydrogen-bond donors (Lipinski definition) is 1. The summed E-state index contributed by atoms with van der Waals surface area (Å²) in [7, 11) is -3.81. The van der Waals surface area contributed by atoms with Crippen LogP contribution < -0.4 is 9.62 Å². The number of rotatable bonds is 10. The molecular weight excluding hydrogens is 518 g/mol. The van der Waals surface area contributed by atoms with Gasteiger partial charge in [-0.2, -0.15) is 0 Å². The molecule has 0 saturated heterocycles. The number of anilines is 1.